The van der Waals surface area contributed by atoms with E-state index in [2.05, 4.69) is 4.98 Å². The van der Waals surface area contributed by atoms with Gasteiger partial charge in [0.05, 0.1) is 10.6 Å². The average Bonchev–Trinajstić information content (AvgIpc) is 2.91. The van der Waals surface area contributed by atoms with Gasteiger partial charge in [-0.1, -0.05) is 42.5 Å². The molecule has 0 atom stereocenters. The van der Waals surface area contributed by atoms with Gasteiger partial charge in [0.25, 0.3) is 10.0 Å². The van der Waals surface area contributed by atoms with Gasteiger partial charge in [0.15, 0.2) is 5.82 Å². The Hall–Kier alpha value is -2.40. The maximum Gasteiger partial charge on any atom is 0.269 e. The predicted molar refractivity (Wildman–Crippen MR) is 86.2 cm³/mol. The van der Waals surface area contributed by atoms with Crippen molar-refractivity contribution in [3.63, 3.8) is 0 Å². The minimum atomic E-state index is -3.67. The summed E-state index contributed by atoms with van der Waals surface area (Å²) >= 11 is 0. The highest BCUT2D eigenvalue weighted by Gasteiger charge is 2.22. The topological polar surface area (TPSA) is 52.0 Å². The first-order valence-corrected chi connectivity index (χ1v) is 8.36. The molecule has 0 saturated carbocycles. The summed E-state index contributed by atoms with van der Waals surface area (Å²) < 4.78 is 27.1. The van der Waals surface area contributed by atoms with Crippen LogP contribution in [0.2, 0.25) is 0 Å². The Bertz CT molecular complexity index is 913. The summed E-state index contributed by atoms with van der Waals surface area (Å²) in [7, 11) is -3.67. The molecule has 0 amide bonds. The molecular formula is C17H16N2O2S. The van der Waals surface area contributed by atoms with Crippen molar-refractivity contribution < 1.29 is 8.42 Å². The lowest BCUT2D eigenvalue weighted by molar-refractivity contribution is 0.587. The van der Waals surface area contributed by atoms with Crippen molar-refractivity contribution in [1.82, 2.24) is 8.96 Å². The monoisotopic (exact) mass is 312 g/mol. The number of imidazole rings is 1. The summed E-state index contributed by atoms with van der Waals surface area (Å²) in [4.78, 5) is 4.64. The van der Waals surface area contributed by atoms with E-state index in [0.29, 0.717) is 11.5 Å². The third-order valence-electron chi connectivity index (χ3n) is 3.37. The van der Waals surface area contributed by atoms with Crippen LogP contribution in [-0.4, -0.2) is 17.4 Å². The molecule has 1 aromatic heterocycles. The second-order valence-corrected chi connectivity index (χ2v) is 7.00. The number of nitrogens with zero attached hydrogens (tertiary/aromatic N) is 2. The van der Waals surface area contributed by atoms with Crippen molar-refractivity contribution in [3.8, 4) is 11.4 Å². The zero-order valence-electron chi connectivity index (χ0n) is 12.4. The first-order valence-electron chi connectivity index (χ1n) is 6.92. The van der Waals surface area contributed by atoms with Crippen LogP contribution in [0.5, 0.6) is 0 Å². The molecule has 22 heavy (non-hydrogen) atoms. The molecule has 0 unspecified atom stereocenters. The van der Waals surface area contributed by atoms with Crippen molar-refractivity contribution in [2.75, 3.05) is 0 Å². The van der Waals surface area contributed by atoms with E-state index in [9.17, 15) is 8.42 Å². The molecule has 0 aliphatic rings. The van der Waals surface area contributed by atoms with E-state index in [1.165, 1.54) is 3.97 Å². The van der Waals surface area contributed by atoms with Crippen LogP contribution in [0.25, 0.3) is 11.4 Å². The van der Waals surface area contributed by atoms with E-state index in [1.54, 1.807) is 31.3 Å². The highest BCUT2D eigenvalue weighted by Crippen LogP contribution is 2.24. The minimum absolute atomic E-state index is 0.266. The fourth-order valence-electron chi connectivity index (χ4n) is 2.33. The molecule has 0 radical (unpaired) electrons. The van der Waals surface area contributed by atoms with E-state index < -0.39 is 10.0 Å². The standard InChI is InChI=1S/C17H16N2O2S/c1-13-7-6-10-16(11-13)22(20,21)19-12-14(2)18-17(19)15-8-4-3-5-9-15/h3-12H,1-2H3. The Balaban J connectivity index is 2.21. The van der Waals surface area contributed by atoms with Gasteiger partial charge in [-0.05, 0) is 31.5 Å². The summed E-state index contributed by atoms with van der Waals surface area (Å²) in [6.45, 7) is 3.66. The third kappa shape index (κ3) is 2.55. The van der Waals surface area contributed by atoms with E-state index >= 15 is 0 Å². The van der Waals surface area contributed by atoms with Gasteiger partial charge >= 0.3 is 0 Å². The Kier molecular flexibility index (Phi) is 3.58. The summed E-state index contributed by atoms with van der Waals surface area (Å²) in [5, 5.41) is 0. The van der Waals surface area contributed by atoms with Gasteiger partial charge in [-0.2, -0.15) is 0 Å². The van der Waals surface area contributed by atoms with Crippen molar-refractivity contribution in [2.24, 2.45) is 0 Å². The van der Waals surface area contributed by atoms with Crippen LogP contribution in [-0.2, 0) is 10.0 Å². The van der Waals surface area contributed by atoms with Crippen LogP contribution in [0, 0.1) is 13.8 Å². The van der Waals surface area contributed by atoms with Crippen molar-refractivity contribution in [3.05, 3.63) is 72.1 Å². The average molecular weight is 312 g/mol. The number of aromatic nitrogens is 2. The molecule has 4 nitrogen and oxygen atoms in total. The lowest BCUT2D eigenvalue weighted by Crippen LogP contribution is -2.13. The first kappa shape index (κ1) is 14.5. The SMILES string of the molecule is Cc1cccc(S(=O)(=O)n2cc(C)nc2-c2ccccc2)c1. The van der Waals surface area contributed by atoms with Crippen LogP contribution in [0.1, 0.15) is 11.3 Å². The van der Waals surface area contributed by atoms with E-state index in [0.717, 1.165) is 11.1 Å². The molecule has 0 saturated heterocycles. The molecule has 0 spiro atoms. The molecule has 3 rings (SSSR count). The van der Waals surface area contributed by atoms with Crippen LogP contribution in [0.4, 0.5) is 0 Å². The molecule has 112 valence electrons. The Morgan fingerprint density at radius 1 is 0.955 bits per heavy atom. The number of hydrogen-bond acceptors (Lipinski definition) is 3. The Morgan fingerprint density at radius 2 is 1.68 bits per heavy atom. The Morgan fingerprint density at radius 3 is 2.36 bits per heavy atom. The quantitative estimate of drug-likeness (QED) is 0.745. The lowest BCUT2D eigenvalue weighted by atomic mass is 10.2. The smallest absolute Gasteiger partial charge is 0.233 e. The summed E-state index contributed by atoms with van der Waals surface area (Å²) in [5.74, 6) is 0.430. The van der Waals surface area contributed by atoms with E-state index in [-0.39, 0.29) is 4.90 Å². The van der Waals surface area contributed by atoms with Gasteiger partial charge in [-0.25, -0.2) is 17.4 Å². The van der Waals surface area contributed by atoms with Crippen LogP contribution in [0.15, 0.2) is 65.7 Å². The highest BCUT2D eigenvalue weighted by molar-refractivity contribution is 7.90. The van der Waals surface area contributed by atoms with Crippen molar-refractivity contribution in [1.29, 1.82) is 0 Å². The highest BCUT2D eigenvalue weighted by atomic mass is 32.2. The number of benzene rings is 2. The summed E-state index contributed by atoms with van der Waals surface area (Å²) in [6.07, 6.45) is 1.56. The summed E-state index contributed by atoms with van der Waals surface area (Å²) in [6, 6.07) is 16.2. The minimum Gasteiger partial charge on any atom is -0.233 e. The lowest BCUT2D eigenvalue weighted by Gasteiger charge is -2.09. The molecule has 5 heteroatoms. The van der Waals surface area contributed by atoms with Crippen molar-refractivity contribution in [2.45, 2.75) is 18.7 Å². The molecule has 0 N–H and O–H groups in total. The molecule has 3 aromatic rings. The van der Waals surface area contributed by atoms with Crippen LogP contribution < -0.4 is 0 Å². The zero-order chi connectivity index (χ0) is 15.7. The molecule has 0 bridgehead atoms. The van der Waals surface area contributed by atoms with Crippen LogP contribution in [0.3, 0.4) is 0 Å². The number of aryl methyl sites for hydroxylation is 2. The van der Waals surface area contributed by atoms with Gasteiger partial charge in [0.2, 0.25) is 0 Å². The molecule has 1 heterocycles. The van der Waals surface area contributed by atoms with Gasteiger partial charge in [-0.3, -0.25) is 0 Å². The molecular weight excluding hydrogens is 296 g/mol. The van der Waals surface area contributed by atoms with E-state index in [1.807, 2.05) is 43.3 Å². The number of rotatable bonds is 3. The molecule has 2 aromatic carbocycles. The van der Waals surface area contributed by atoms with Crippen LogP contribution >= 0.6 is 0 Å². The maximum absolute atomic E-state index is 12.9. The van der Waals surface area contributed by atoms with Gasteiger partial charge in [-0.15, -0.1) is 0 Å². The third-order valence-corrected chi connectivity index (χ3v) is 5.02. The zero-order valence-corrected chi connectivity index (χ0v) is 13.2. The normalized spacial score (nSPS) is 11.5. The second-order valence-electron chi connectivity index (χ2n) is 5.19. The fourth-order valence-corrected chi connectivity index (χ4v) is 3.81. The van der Waals surface area contributed by atoms with Crippen molar-refractivity contribution >= 4 is 10.0 Å². The molecule has 0 aliphatic heterocycles. The molecule has 0 fully saturated rings. The molecule has 0 aliphatic carbocycles. The largest absolute Gasteiger partial charge is 0.269 e. The maximum atomic E-state index is 12.9. The fraction of sp³-hybridized carbons (Fsp3) is 0.118. The predicted octanol–water partition coefficient (Wildman–Crippen LogP) is 3.40. The van der Waals surface area contributed by atoms with Gasteiger partial charge < -0.3 is 0 Å². The number of hydrogen-bond donors (Lipinski definition) is 0. The van der Waals surface area contributed by atoms with Gasteiger partial charge in [0, 0.05) is 11.8 Å². The first-order chi connectivity index (χ1) is 10.5. The van der Waals surface area contributed by atoms with Gasteiger partial charge in [0.1, 0.15) is 0 Å². The Labute approximate surface area is 130 Å². The summed E-state index contributed by atoms with van der Waals surface area (Å²) in [5.41, 5.74) is 2.33. The van der Waals surface area contributed by atoms with E-state index in [4.69, 9.17) is 0 Å². The second kappa shape index (κ2) is 5.42.